The molecule has 1 saturated carbocycles. The number of Topliss-reactive ketones (excluding diaryl/α,β-unsaturated/α-hetero) is 1. The molecule has 0 aromatic carbocycles. The van der Waals surface area contributed by atoms with E-state index in [4.69, 9.17) is 19.3 Å². The summed E-state index contributed by atoms with van der Waals surface area (Å²) in [7, 11) is -4.83. The van der Waals surface area contributed by atoms with Crippen LogP contribution in [-0.2, 0) is 32.9 Å². The Morgan fingerprint density at radius 3 is 2.00 bits per heavy atom. The van der Waals surface area contributed by atoms with Crippen LogP contribution in [0.15, 0.2) is 36.5 Å². The number of esters is 2. The summed E-state index contributed by atoms with van der Waals surface area (Å²) in [5, 5.41) is 20.6. The number of ketones is 1. The molecule has 0 spiro atoms. The molecule has 5 atom stereocenters. The number of hydrogen-bond donors (Lipinski definition) is 4. The van der Waals surface area contributed by atoms with Crippen molar-refractivity contribution in [3.05, 3.63) is 36.5 Å². The van der Waals surface area contributed by atoms with Crippen molar-refractivity contribution in [2.75, 3.05) is 13.2 Å². The first-order valence-corrected chi connectivity index (χ1v) is 21.9. The standard InChI is InChI=1S/C41H71O11P/c1-3-5-7-8-9-10-11-12-13-14-15-16-17-18-23-27-40(45)50-32-35(33-51-53(47,48)49)52-41(46)28-24-20-19-22-26-36-37(39(44)31-38(36)43)30-29-34(42)25-21-6-4-2/h10-11,19,22,29-30,34-38,42-43H,3-9,12-18,20-21,23-28,31-33H2,1-2H3,(H2,47,48,49)/b11-10-,22-19-,30-29+/t34-,35+,36+,37+,38-/m0/s1. The molecule has 0 aliphatic heterocycles. The highest BCUT2D eigenvalue weighted by Gasteiger charge is 2.39. The zero-order valence-electron chi connectivity index (χ0n) is 32.6. The number of hydrogen-bond acceptors (Lipinski definition) is 9. The number of ether oxygens (including phenoxy) is 2. The molecule has 53 heavy (non-hydrogen) atoms. The molecule has 1 aliphatic carbocycles. The second kappa shape index (κ2) is 31.1. The summed E-state index contributed by atoms with van der Waals surface area (Å²) in [6.07, 6.45) is 29.4. The highest BCUT2D eigenvalue weighted by Crippen LogP contribution is 2.36. The van der Waals surface area contributed by atoms with Gasteiger partial charge in [0.25, 0.3) is 0 Å². The third-order valence-electron chi connectivity index (χ3n) is 9.51. The van der Waals surface area contributed by atoms with Crippen LogP contribution in [0.25, 0.3) is 0 Å². The predicted octanol–water partition coefficient (Wildman–Crippen LogP) is 8.77. The highest BCUT2D eigenvalue weighted by molar-refractivity contribution is 7.46. The van der Waals surface area contributed by atoms with Gasteiger partial charge in [-0.15, -0.1) is 0 Å². The number of aliphatic hydroxyl groups excluding tert-OH is 2. The molecule has 11 nitrogen and oxygen atoms in total. The maximum atomic E-state index is 12.5. The quantitative estimate of drug-likeness (QED) is 0.0217. The van der Waals surface area contributed by atoms with Crippen molar-refractivity contribution >= 4 is 25.5 Å². The average molecular weight is 771 g/mol. The summed E-state index contributed by atoms with van der Waals surface area (Å²) in [5.74, 6) is -1.86. The Morgan fingerprint density at radius 1 is 0.774 bits per heavy atom. The zero-order chi connectivity index (χ0) is 39.2. The van der Waals surface area contributed by atoms with E-state index in [0.29, 0.717) is 32.1 Å². The second-order valence-electron chi connectivity index (χ2n) is 14.4. The van der Waals surface area contributed by atoms with Crippen molar-refractivity contribution < 1.29 is 52.9 Å². The van der Waals surface area contributed by atoms with Gasteiger partial charge in [0.15, 0.2) is 6.10 Å². The van der Waals surface area contributed by atoms with Crippen molar-refractivity contribution in [1.82, 2.24) is 0 Å². The van der Waals surface area contributed by atoms with Crippen LogP contribution in [-0.4, -0.2) is 69.2 Å². The molecule has 1 rings (SSSR count). The Hall–Kier alpha value is -2.14. The number of aliphatic hydroxyl groups is 2. The number of unbranched alkanes of at least 4 members (excludes halogenated alkanes) is 14. The summed E-state index contributed by atoms with van der Waals surface area (Å²) in [6.45, 7) is 3.33. The Balaban J connectivity index is 2.32. The first-order chi connectivity index (χ1) is 25.5. The van der Waals surface area contributed by atoms with Gasteiger partial charge in [-0.2, -0.15) is 0 Å². The third kappa shape index (κ3) is 27.1. The molecule has 1 fully saturated rings. The van der Waals surface area contributed by atoms with Crippen LogP contribution in [0.1, 0.15) is 162 Å². The number of carbonyl (C=O) groups excluding carboxylic acids is 3. The van der Waals surface area contributed by atoms with Crippen LogP contribution < -0.4 is 0 Å². The Labute approximate surface area is 319 Å². The summed E-state index contributed by atoms with van der Waals surface area (Å²) in [6, 6.07) is 0. The molecule has 1 aliphatic rings. The SMILES string of the molecule is CCCCCC/C=C\CCCCCCCCCC(=O)OC[C@H](COP(=O)(O)O)OC(=O)CCC/C=C\C[C@H]1[C@@H](O)CC(=O)[C@@H]1/C=C/[C@@H](O)CCCCC. The minimum Gasteiger partial charge on any atom is -0.462 e. The van der Waals surface area contributed by atoms with Gasteiger partial charge >= 0.3 is 19.8 Å². The second-order valence-corrected chi connectivity index (χ2v) is 15.6. The maximum Gasteiger partial charge on any atom is 0.469 e. The molecular formula is C41H71O11P. The van der Waals surface area contributed by atoms with Crippen LogP contribution in [0, 0.1) is 11.8 Å². The molecule has 306 valence electrons. The highest BCUT2D eigenvalue weighted by atomic mass is 31.2. The van der Waals surface area contributed by atoms with E-state index in [0.717, 1.165) is 44.9 Å². The lowest BCUT2D eigenvalue weighted by atomic mass is 9.90. The van der Waals surface area contributed by atoms with Crippen molar-refractivity contribution in [3.8, 4) is 0 Å². The number of phosphoric ester groups is 1. The number of rotatable bonds is 33. The fourth-order valence-electron chi connectivity index (χ4n) is 6.35. The predicted molar refractivity (Wildman–Crippen MR) is 208 cm³/mol. The van der Waals surface area contributed by atoms with Crippen LogP contribution >= 0.6 is 7.82 Å². The maximum absolute atomic E-state index is 12.5. The molecule has 4 N–H and O–H groups in total. The Morgan fingerprint density at radius 2 is 1.34 bits per heavy atom. The lowest BCUT2D eigenvalue weighted by Crippen LogP contribution is -2.29. The van der Waals surface area contributed by atoms with Gasteiger partial charge in [0.2, 0.25) is 0 Å². The van der Waals surface area contributed by atoms with E-state index in [1.165, 1.54) is 51.4 Å². The van der Waals surface area contributed by atoms with E-state index in [1.54, 1.807) is 12.2 Å². The normalized spacial score (nSPS) is 19.1. The molecule has 0 heterocycles. The molecule has 0 aromatic heterocycles. The Kier molecular flexibility index (Phi) is 28.7. The molecule has 0 aromatic rings. The van der Waals surface area contributed by atoms with Gasteiger partial charge < -0.3 is 29.5 Å². The number of allylic oxidation sites excluding steroid dienone is 5. The monoisotopic (exact) mass is 770 g/mol. The van der Waals surface area contributed by atoms with E-state index < -0.39 is 50.6 Å². The van der Waals surface area contributed by atoms with Crippen molar-refractivity contribution in [3.63, 3.8) is 0 Å². The lowest BCUT2D eigenvalue weighted by Gasteiger charge is -2.18. The fraction of sp³-hybridized carbons (Fsp3) is 0.780. The van der Waals surface area contributed by atoms with Crippen molar-refractivity contribution in [2.24, 2.45) is 11.8 Å². The molecular weight excluding hydrogens is 699 g/mol. The first-order valence-electron chi connectivity index (χ1n) is 20.4. The molecule has 0 bridgehead atoms. The van der Waals surface area contributed by atoms with Gasteiger partial charge in [-0.3, -0.25) is 18.9 Å². The average Bonchev–Trinajstić information content (AvgIpc) is 3.38. The molecule has 12 heteroatoms. The molecule has 0 saturated heterocycles. The van der Waals surface area contributed by atoms with Crippen molar-refractivity contribution in [2.45, 2.75) is 180 Å². The van der Waals surface area contributed by atoms with E-state index in [1.807, 2.05) is 12.2 Å². The topological polar surface area (TPSA) is 177 Å². The fourth-order valence-corrected chi connectivity index (χ4v) is 6.71. The zero-order valence-corrected chi connectivity index (χ0v) is 33.5. The van der Waals surface area contributed by atoms with Gasteiger partial charge in [-0.25, -0.2) is 4.57 Å². The minimum absolute atomic E-state index is 0.0202. The smallest absolute Gasteiger partial charge is 0.462 e. The van der Waals surface area contributed by atoms with Crippen LogP contribution in [0.4, 0.5) is 0 Å². The lowest BCUT2D eigenvalue weighted by molar-refractivity contribution is -0.161. The molecule has 0 amide bonds. The van der Waals surface area contributed by atoms with Gasteiger partial charge in [0.1, 0.15) is 12.4 Å². The molecule has 0 radical (unpaired) electrons. The van der Waals surface area contributed by atoms with Gasteiger partial charge in [-0.05, 0) is 57.8 Å². The van der Waals surface area contributed by atoms with Crippen molar-refractivity contribution in [1.29, 1.82) is 0 Å². The first kappa shape index (κ1) is 48.9. The van der Waals surface area contributed by atoms with E-state index in [9.17, 15) is 29.2 Å². The summed E-state index contributed by atoms with van der Waals surface area (Å²) in [4.78, 5) is 55.4. The van der Waals surface area contributed by atoms with Crippen LogP contribution in [0.5, 0.6) is 0 Å². The van der Waals surface area contributed by atoms with E-state index >= 15 is 0 Å². The number of phosphoric acid groups is 1. The van der Waals surface area contributed by atoms with Gasteiger partial charge in [0, 0.05) is 31.1 Å². The summed E-state index contributed by atoms with van der Waals surface area (Å²) < 4.78 is 26.3. The minimum atomic E-state index is -4.83. The largest absolute Gasteiger partial charge is 0.469 e. The van der Waals surface area contributed by atoms with Crippen LogP contribution in [0.2, 0.25) is 0 Å². The summed E-state index contributed by atoms with van der Waals surface area (Å²) in [5.41, 5.74) is 0. The third-order valence-corrected chi connectivity index (χ3v) is 9.99. The van der Waals surface area contributed by atoms with Gasteiger partial charge in [-0.1, -0.05) is 121 Å². The summed E-state index contributed by atoms with van der Waals surface area (Å²) >= 11 is 0. The van der Waals surface area contributed by atoms with E-state index in [-0.39, 0.29) is 37.6 Å². The van der Waals surface area contributed by atoms with Gasteiger partial charge in [0.05, 0.1) is 18.8 Å². The van der Waals surface area contributed by atoms with Crippen LogP contribution in [0.3, 0.4) is 0 Å². The Bertz CT molecular complexity index is 1120. The molecule has 0 unspecified atom stereocenters. The van der Waals surface area contributed by atoms with E-state index in [2.05, 4.69) is 30.5 Å². The number of carbonyl (C=O) groups is 3.